The van der Waals surface area contributed by atoms with E-state index in [-0.39, 0.29) is 23.1 Å². The minimum atomic E-state index is -0.478. The molecule has 7 heteroatoms. The molecule has 1 N–H and O–H groups in total. The van der Waals surface area contributed by atoms with Gasteiger partial charge in [-0.05, 0) is 35.5 Å². The lowest BCUT2D eigenvalue weighted by Gasteiger charge is -2.20. The molecule has 2 heterocycles. The van der Waals surface area contributed by atoms with Crippen molar-refractivity contribution in [2.45, 2.75) is 13.8 Å². The van der Waals surface area contributed by atoms with E-state index in [0.29, 0.717) is 10.7 Å². The molecular weight excluding hydrogens is 303 g/mol. The summed E-state index contributed by atoms with van der Waals surface area (Å²) in [6.45, 7) is 3.98. The molecule has 1 aromatic rings. The molecule has 5 nitrogen and oxygen atoms in total. The van der Waals surface area contributed by atoms with E-state index in [1.807, 2.05) is 13.8 Å². The summed E-state index contributed by atoms with van der Waals surface area (Å²) in [5, 5.41) is 15.1. The van der Waals surface area contributed by atoms with Gasteiger partial charge in [0.15, 0.2) is 5.84 Å². The van der Waals surface area contributed by atoms with Crippen molar-refractivity contribution in [2.75, 3.05) is 0 Å². The first-order chi connectivity index (χ1) is 10.5. The van der Waals surface area contributed by atoms with Crippen molar-refractivity contribution in [2.24, 2.45) is 16.0 Å². The molecule has 0 aromatic heterocycles. The Labute approximate surface area is 131 Å². The predicted octanol–water partition coefficient (Wildman–Crippen LogP) is 3.10. The van der Waals surface area contributed by atoms with E-state index in [1.165, 1.54) is 35.0 Å². The van der Waals surface area contributed by atoms with Gasteiger partial charge in [0, 0.05) is 5.92 Å². The zero-order chi connectivity index (χ0) is 15.9. The maximum Gasteiger partial charge on any atom is 0.283 e. The average molecular weight is 316 g/mol. The number of hydrazone groups is 1. The lowest BCUT2D eigenvalue weighted by molar-refractivity contribution is -0.114. The van der Waals surface area contributed by atoms with Gasteiger partial charge in [-0.3, -0.25) is 10.2 Å². The van der Waals surface area contributed by atoms with Gasteiger partial charge < -0.3 is 0 Å². The van der Waals surface area contributed by atoms with Crippen molar-refractivity contribution in [1.82, 2.24) is 5.01 Å². The topological polar surface area (TPSA) is 68.9 Å². The quantitative estimate of drug-likeness (QED) is 0.852. The van der Waals surface area contributed by atoms with E-state index in [0.717, 1.165) is 5.04 Å². The van der Waals surface area contributed by atoms with Gasteiger partial charge in [-0.15, -0.1) is 0 Å². The van der Waals surface area contributed by atoms with Crippen molar-refractivity contribution >= 4 is 39.8 Å². The summed E-state index contributed by atoms with van der Waals surface area (Å²) in [5.41, 5.74) is 0.776. The smallest absolute Gasteiger partial charge is 0.282 e. The number of rotatable bonds is 2. The number of thioether (sulfide) groups is 1. The number of fused-ring (bicyclic) bond motifs is 1. The summed E-state index contributed by atoms with van der Waals surface area (Å²) in [5.74, 6) is -0.642. The fourth-order valence-electron chi connectivity index (χ4n) is 1.97. The Hall–Kier alpha value is -2.28. The number of amidine groups is 2. The molecule has 22 heavy (non-hydrogen) atoms. The molecule has 2 aliphatic rings. The van der Waals surface area contributed by atoms with Crippen LogP contribution in [0.15, 0.2) is 39.9 Å². The Morgan fingerprint density at radius 3 is 2.64 bits per heavy atom. The fraction of sp³-hybridized carbons (Fsp3) is 0.200. The van der Waals surface area contributed by atoms with Crippen LogP contribution in [0.1, 0.15) is 19.4 Å². The highest BCUT2D eigenvalue weighted by molar-refractivity contribution is 8.27. The van der Waals surface area contributed by atoms with Gasteiger partial charge in [-0.1, -0.05) is 26.0 Å². The molecule has 112 valence electrons. The van der Waals surface area contributed by atoms with Crippen molar-refractivity contribution in [3.05, 3.63) is 41.2 Å². The molecule has 3 rings (SSSR count). The van der Waals surface area contributed by atoms with Crippen LogP contribution in [-0.2, 0) is 4.79 Å². The number of nitrogens with one attached hydrogen (secondary N) is 1. The SMILES string of the molecule is CC(C)C1=NN2C(=N)/C(=C\c3ccc(F)cc3)C(=O)N=C2S1. The maximum atomic E-state index is 12.9. The first-order valence-corrected chi connectivity index (χ1v) is 7.53. The summed E-state index contributed by atoms with van der Waals surface area (Å²) in [6.07, 6.45) is 1.53. The van der Waals surface area contributed by atoms with Crippen LogP contribution in [0.25, 0.3) is 6.08 Å². The first-order valence-electron chi connectivity index (χ1n) is 6.71. The number of hydrogen-bond acceptors (Lipinski definition) is 4. The molecule has 1 amide bonds. The Morgan fingerprint density at radius 2 is 2.00 bits per heavy atom. The second kappa shape index (κ2) is 5.49. The fourth-order valence-corrected chi connectivity index (χ4v) is 2.86. The maximum absolute atomic E-state index is 12.9. The largest absolute Gasteiger partial charge is 0.283 e. The van der Waals surface area contributed by atoms with Crippen LogP contribution in [0.5, 0.6) is 0 Å². The summed E-state index contributed by atoms with van der Waals surface area (Å²) in [6, 6.07) is 5.70. The summed E-state index contributed by atoms with van der Waals surface area (Å²) in [7, 11) is 0. The molecule has 0 fully saturated rings. The number of carbonyl (C=O) groups is 1. The molecule has 0 atom stereocenters. The van der Waals surface area contributed by atoms with Crippen LogP contribution in [0.3, 0.4) is 0 Å². The number of halogens is 1. The van der Waals surface area contributed by atoms with Crippen LogP contribution in [-0.4, -0.2) is 27.0 Å². The van der Waals surface area contributed by atoms with Gasteiger partial charge in [0.1, 0.15) is 10.9 Å². The number of hydrogen-bond donors (Lipinski definition) is 1. The lowest BCUT2D eigenvalue weighted by atomic mass is 10.1. The van der Waals surface area contributed by atoms with E-state index < -0.39 is 5.91 Å². The summed E-state index contributed by atoms with van der Waals surface area (Å²) in [4.78, 5) is 16.1. The predicted molar refractivity (Wildman–Crippen MR) is 86.2 cm³/mol. The lowest BCUT2D eigenvalue weighted by Crippen LogP contribution is -2.35. The number of amides is 1. The van der Waals surface area contributed by atoms with Gasteiger partial charge in [0.2, 0.25) is 5.17 Å². The van der Waals surface area contributed by atoms with Gasteiger partial charge in [0.05, 0.1) is 5.57 Å². The molecule has 0 saturated carbocycles. The Bertz CT molecular complexity index is 749. The van der Waals surface area contributed by atoms with Crippen molar-refractivity contribution in [3.8, 4) is 0 Å². The van der Waals surface area contributed by atoms with Gasteiger partial charge >= 0.3 is 0 Å². The Morgan fingerprint density at radius 1 is 1.32 bits per heavy atom. The third kappa shape index (κ3) is 2.59. The Kier molecular flexibility index (Phi) is 3.66. The van der Waals surface area contributed by atoms with Crippen LogP contribution in [0.2, 0.25) is 0 Å². The van der Waals surface area contributed by atoms with E-state index in [4.69, 9.17) is 5.41 Å². The molecule has 0 aliphatic carbocycles. The molecule has 1 aromatic carbocycles. The second-order valence-corrected chi connectivity index (χ2v) is 6.15. The zero-order valence-electron chi connectivity index (χ0n) is 12.0. The van der Waals surface area contributed by atoms with E-state index in [2.05, 4.69) is 10.1 Å². The monoisotopic (exact) mass is 316 g/mol. The standard InChI is InChI=1S/C15H13FN4OS/c1-8(2)14-19-20-12(17)11(13(21)18-15(20)22-14)7-9-3-5-10(16)6-4-9/h3-8,17H,1-2H3/b11-7+,17-12?. The highest BCUT2D eigenvalue weighted by Gasteiger charge is 2.36. The number of nitrogens with zero attached hydrogens (tertiary/aromatic N) is 3. The molecule has 0 saturated heterocycles. The molecule has 0 unspecified atom stereocenters. The molecule has 0 radical (unpaired) electrons. The van der Waals surface area contributed by atoms with E-state index in [9.17, 15) is 9.18 Å². The zero-order valence-corrected chi connectivity index (χ0v) is 12.8. The molecule has 0 spiro atoms. The summed E-state index contributed by atoms with van der Waals surface area (Å²) >= 11 is 1.31. The number of aliphatic imine (C=N–C) groups is 1. The highest BCUT2D eigenvalue weighted by Crippen LogP contribution is 2.30. The first kappa shape index (κ1) is 14.6. The van der Waals surface area contributed by atoms with Crippen LogP contribution < -0.4 is 0 Å². The van der Waals surface area contributed by atoms with E-state index >= 15 is 0 Å². The van der Waals surface area contributed by atoms with Crippen LogP contribution >= 0.6 is 11.8 Å². The minimum Gasteiger partial charge on any atom is -0.282 e. The molecule has 2 aliphatic heterocycles. The third-order valence-corrected chi connectivity index (χ3v) is 4.35. The molecular formula is C15H13FN4OS. The van der Waals surface area contributed by atoms with Crippen molar-refractivity contribution in [1.29, 1.82) is 5.41 Å². The minimum absolute atomic E-state index is 0.0116. The van der Waals surface area contributed by atoms with Crippen molar-refractivity contribution < 1.29 is 9.18 Å². The molecule has 0 bridgehead atoms. The van der Waals surface area contributed by atoms with Gasteiger partial charge in [-0.25, -0.2) is 4.39 Å². The van der Waals surface area contributed by atoms with Crippen LogP contribution in [0.4, 0.5) is 4.39 Å². The van der Waals surface area contributed by atoms with E-state index in [1.54, 1.807) is 12.1 Å². The Balaban J connectivity index is 1.97. The van der Waals surface area contributed by atoms with Gasteiger partial charge in [-0.2, -0.15) is 15.1 Å². The highest BCUT2D eigenvalue weighted by atomic mass is 32.2. The van der Waals surface area contributed by atoms with Crippen molar-refractivity contribution in [3.63, 3.8) is 0 Å². The third-order valence-electron chi connectivity index (χ3n) is 3.15. The van der Waals surface area contributed by atoms with Crippen LogP contribution in [0, 0.1) is 17.1 Å². The normalized spacial score (nSPS) is 19.6. The number of carbonyl (C=O) groups excluding carboxylic acids is 1. The second-order valence-electron chi connectivity index (χ2n) is 5.16. The summed E-state index contributed by atoms with van der Waals surface area (Å²) < 4.78 is 12.9. The average Bonchev–Trinajstić information content (AvgIpc) is 2.90. The number of benzene rings is 1. The van der Waals surface area contributed by atoms with Gasteiger partial charge in [0.25, 0.3) is 5.91 Å².